The molecule has 3 heterocycles. The fourth-order valence-corrected chi connectivity index (χ4v) is 3.15. The van der Waals surface area contributed by atoms with Crippen molar-refractivity contribution in [2.24, 2.45) is 15.0 Å². The maximum atomic E-state index is 13.7. The molecule has 0 bridgehead atoms. The van der Waals surface area contributed by atoms with Gasteiger partial charge in [0.15, 0.2) is 5.84 Å². The minimum absolute atomic E-state index is 0.0303. The average molecular weight is 423 g/mol. The highest BCUT2D eigenvalue weighted by molar-refractivity contribution is 6.07. The SMILES string of the molecule is C=NC(=N/C(=N\CN1CCN(C)CC1)c1cnc(N)nc1C(F)F)N1CCOCC1. The number of amidine groups is 1. The monoisotopic (exact) mass is 423 g/mol. The first kappa shape index (κ1) is 22.1. The second-order valence-corrected chi connectivity index (χ2v) is 7.04. The Bertz CT molecular complexity index is 788. The van der Waals surface area contributed by atoms with Crippen LogP contribution in [0.25, 0.3) is 0 Å². The van der Waals surface area contributed by atoms with E-state index in [9.17, 15) is 8.78 Å². The number of morpholine rings is 1. The molecule has 0 unspecified atom stereocenters. The fourth-order valence-electron chi connectivity index (χ4n) is 3.15. The highest BCUT2D eigenvalue weighted by atomic mass is 19.3. The molecule has 0 atom stereocenters. The third kappa shape index (κ3) is 5.74. The van der Waals surface area contributed by atoms with Gasteiger partial charge in [0.05, 0.1) is 25.4 Å². The molecular formula is C18H27F2N9O. The molecule has 1 aromatic heterocycles. The van der Waals surface area contributed by atoms with Crippen molar-refractivity contribution in [1.82, 2.24) is 24.7 Å². The van der Waals surface area contributed by atoms with Crippen LogP contribution in [0.1, 0.15) is 17.7 Å². The zero-order chi connectivity index (χ0) is 21.5. The van der Waals surface area contributed by atoms with Gasteiger partial charge in [-0.3, -0.25) is 9.89 Å². The van der Waals surface area contributed by atoms with Gasteiger partial charge in [0.1, 0.15) is 5.69 Å². The Balaban J connectivity index is 1.95. The van der Waals surface area contributed by atoms with Gasteiger partial charge in [-0.1, -0.05) is 0 Å². The maximum absolute atomic E-state index is 13.7. The van der Waals surface area contributed by atoms with Gasteiger partial charge in [0.25, 0.3) is 6.43 Å². The lowest BCUT2D eigenvalue weighted by Gasteiger charge is -2.31. The molecule has 0 amide bonds. The minimum atomic E-state index is -2.85. The predicted molar refractivity (Wildman–Crippen MR) is 111 cm³/mol. The zero-order valence-electron chi connectivity index (χ0n) is 17.0. The lowest BCUT2D eigenvalue weighted by atomic mass is 10.2. The number of piperazine rings is 1. The summed E-state index contributed by atoms with van der Waals surface area (Å²) in [6, 6.07) is 0. The standard InChI is InChI=1S/C18H27F2N9O/c1-22-18(29-7-9-30-10-8-29)26-16(24-12-28-5-3-27(2)4-6-28)13-11-23-17(21)25-14(13)15(19)20/h11,15H,1,3-10,12H2,2H3,(H2,21,23,25)/b24-16-,26-18?. The summed E-state index contributed by atoms with van der Waals surface area (Å²) in [5.74, 6) is 0.150. The number of anilines is 1. The summed E-state index contributed by atoms with van der Waals surface area (Å²) in [5.41, 5.74) is 5.04. The number of halogens is 2. The summed E-state index contributed by atoms with van der Waals surface area (Å²) in [5, 5.41) is 0. The van der Waals surface area contributed by atoms with Gasteiger partial charge < -0.3 is 20.3 Å². The number of likely N-dealkylation sites (N-methyl/N-ethyl adjacent to an activating group) is 1. The van der Waals surface area contributed by atoms with Crippen LogP contribution in [0.5, 0.6) is 0 Å². The Morgan fingerprint density at radius 1 is 1.23 bits per heavy atom. The van der Waals surface area contributed by atoms with Crippen LogP contribution in [0.2, 0.25) is 0 Å². The first-order valence-corrected chi connectivity index (χ1v) is 9.72. The fraction of sp³-hybridized carbons (Fsp3) is 0.611. The van der Waals surface area contributed by atoms with Gasteiger partial charge in [-0.2, -0.15) is 4.99 Å². The quantitative estimate of drug-likeness (QED) is 0.549. The van der Waals surface area contributed by atoms with E-state index in [0.717, 1.165) is 26.2 Å². The number of hydrogen-bond acceptors (Lipinski definition) is 7. The van der Waals surface area contributed by atoms with Crippen molar-refractivity contribution in [1.29, 1.82) is 0 Å². The molecule has 1 aromatic rings. The van der Waals surface area contributed by atoms with Crippen molar-refractivity contribution < 1.29 is 13.5 Å². The summed E-state index contributed by atoms with van der Waals surface area (Å²) < 4.78 is 32.7. The van der Waals surface area contributed by atoms with Crippen LogP contribution in [-0.2, 0) is 4.74 Å². The summed E-state index contributed by atoms with van der Waals surface area (Å²) >= 11 is 0. The molecule has 2 aliphatic rings. The Labute approximate surface area is 174 Å². The first-order chi connectivity index (χ1) is 14.5. The van der Waals surface area contributed by atoms with Crippen LogP contribution in [0, 0.1) is 0 Å². The number of guanidine groups is 1. The molecule has 0 aliphatic carbocycles. The maximum Gasteiger partial charge on any atom is 0.281 e. The van der Waals surface area contributed by atoms with Crippen LogP contribution in [0.4, 0.5) is 14.7 Å². The highest BCUT2D eigenvalue weighted by Gasteiger charge is 2.23. The summed E-state index contributed by atoms with van der Waals surface area (Å²) in [6.07, 6.45) is -1.62. The molecule has 2 saturated heterocycles. The van der Waals surface area contributed by atoms with E-state index in [1.54, 1.807) is 0 Å². The predicted octanol–water partition coefficient (Wildman–Crippen LogP) is 0.337. The smallest absolute Gasteiger partial charge is 0.281 e. The van der Waals surface area contributed by atoms with Gasteiger partial charge in [-0.05, 0) is 13.8 Å². The first-order valence-electron chi connectivity index (χ1n) is 9.72. The largest absolute Gasteiger partial charge is 0.378 e. The summed E-state index contributed by atoms with van der Waals surface area (Å²) in [4.78, 5) is 26.8. The third-order valence-electron chi connectivity index (χ3n) is 4.94. The van der Waals surface area contributed by atoms with E-state index in [1.165, 1.54) is 6.20 Å². The van der Waals surface area contributed by atoms with Crippen LogP contribution in [0.15, 0.2) is 21.2 Å². The number of nitrogen functional groups attached to an aromatic ring is 1. The van der Waals surface area contributed by atoms with E-state index in [-0.39, 0.29) is 17.3 Å². The van der Waals surface area contributed by atoms with Crippen molar-refractivity contribution in [2.45, 2.75) is 6.43 Å². The van der Waals surface area contributed by atoms with E-state index in [0.29, 0.717) is 38.9 Å². The van der Waals surface area contributed by atoms with Crippen molar-refractivity contribution in [2.75, 3.05) is 71.9 Å². The number of ether oxygens (including phenoxy) is 1. The Morgan fingerprint density at radius 3 is 2.57 bits per heavy atom. The van der Waals surface area contributed by atoms with E-state index < -0.39 is 12.1 Å². The number of nitrogens with zero attached hydrogens (tertiary/aromatic N) is 8. The van der Waals surface area contributed by atoms with Crippen LogP contribution >= 0.6 is 0 Å². The molecule has 0 aromatic carbocycles. The molecule has 3 rings (SSSR count). The van der Waals surface area contributed by atoms with Gasteiger partial charge in [-0.25, -0.2) is 23.7 Å². The Morgan fingerprint density at radius 2 is 1.93 bits per heavy atom. The molecule has 0 saturated carbocycles. The van der Waals surface area contributed by atoms with Gasteiger partial charge >= 0.3 is 0 Å². The lowest BCUT2D eigenvalue weighted by molar-refractivity contribution is 0.0677. The van der Waals surface area contributed by atoms with Gasteiger partial charge in [0, 0.05) is 45.5 Å². The Kier molecular flexibility index (Phi) is 7.71. The molecule has 30 heavy (non-hydrogen) atoms. The normalized spacial score (nSPS) is 20.1. The highest BCUT2D eigenvalue weighted by Crippen LogP contribution is 2.22. The summed E-state index contributed by atoms with van der Waals surface area (Å²) in [6.45, 7) is 9.56. The van der Waals surface area contributed by atoms with Crippen LogP contribution in [-0.4, -0.2) is 109 Å². The second kappa shape index (κ2) is 10.5. The lowest BCUT2D eigenvalue weighted by Crippen LogP contribution is -2.44. The van der Waals surface area contributed by atoms with Crippen LogP contribution < -0.4 is 5.73 Å². The van der Waals surface area contributed by atoms with Gasteiger partial charge in [-0.15, -0.1) is 0 Å². The number of aromatic nitrogens is 2. The van der Waals surface area contributed by atoms with E-state index in [4.69, 9.17) is 10.5 Å². The van der Waals surface area contributed by atoms with E-state index in [2.05, 4.69) is 48.5 Å². The molecule has 2 N–H and O–H groups in total. The second-order valence-electron chi connectivity index (χ2n) is 7.04. The molecule has 10 nitrogen and oxygen atoms in total. The minimum Gasteiger partial charge on any atom is -0.378 e. The molecular weight excluding hydrogens is 396 g/mol. The molecule has 12 heteroatoms. The third-order valence-corrected chi connectivity index (χ3v) is 4.94. The van der Waals surface area contributed by atoms with Crippen molar-refractivity contribution >= 4 is 24.5 Å². The number of alkyl halides is 2. The van der Waals surface area contributed by atoms with E-state index in [1.807, 2.05) is 4.90 Å². The molecule has 164 valence electrons. The number of nitrogens with two attached hydrogens (primary N) is 1. The van der Waals surface area contributed by atoms with Crippen molar-refractivity contribution in [3.05, 3.63) is 17.5 Å². The van der Waals surface area contributed by atoms with Crippen molar-refractivity contribution in [3.63, 3.8) is 0 Å². The number of rotatable bonds is 4. The van der Waals surface area contributed by atoms with Crippen LogP contribution in [0.3, 0.4) is 0 Å². The number of hydrogen-bond donors (Lipinski definition) is 1. The molecule has 2 aliphatic heterocycles. The Hall–Kier alpha value is -2.57. The molecule has 0 radical (unpaired) electrons. The summed E-state index contributed by atoms with van der Waals surface area (Å²) in [7, 11) is 2.06. The van der Waals surface area contributed by atoms with E-state index >= 15 is 0 Å². The zero-order valence-corrected chi connectivity index (χ0v) is 17.0. The van der Waals surface area contributed by atoms with Crippen molar-refractivity contribution in [3.8, 4) is 0 Å². The topological polar surface area (TPSA) is 108 Å². The number of aliphatic imine (C=N–C) groups is 3. The molecule has 0 spiro atoms. The molecule has 2 fully saturated rings. The van der Waals surface area contributed by atoms with Gasteiger partial charge in [0.2, 0.25) is 11.9 Å². The average Bonchev–Trinajstić information content (AvgIpc) is 2.76.